The van der Waals surface area contributed by atoms with Gasteiger partial charge in [-0.05, 0) is 24.3 Å². The van der Waals surface area contributed by atoms with Crippen molar-refractivity contribution < 1.29 is 13.9 Å². The molecule has 0 spiro atoms. The molecule has 2 heterocycles. The molecule has 0 amide bonds. The average molecular weight is 407 g/mol. The largest absolute Gasteiger partial charge is 0.452 e. The van der Waals surface area contributed by atoms with Gasteiger partial charge < -0.3 is 9.15 Å². The van der Waals surface area contributed by atoms with Gasteiger partial charge in [0.1, 0.15) is 0 Å². The van der Waals surface area contributed by atoms with E-state index in [9.17, 15) is 4.79 Å². The summed E-state index contributed by atoms with van der Waals surface area (Å²) in [5.41, 5.74) is 3.59. The van der Waals surface area contributed by atoms with Crippen molar-refractivity contribution in [3.8, 4) is 22.7 Å². The molecule has 0 saturated heterocycles. The molecule has 5 aromatic rings. The van der Waals surface area contributed by atoms with E-state index < -0.39 is 5.97 Å². The molecular formula is C25H17N3O3. The van der Waals surface area contributed by atoms with Gasteiger partial charge in [-0.3, -0.25) is 0 Å². The van der Waals surface area contributed by atoms with Crippen molar-refractivity contribution in [2.45, 2.75) is 6.61 Å². The highest BCUT2D eigenvalue weighted by molar-refractivity contribution is 6.04. The van der Waals surface area contributed by atoms with Crippen LogP contribution in [0.2, 0.25) is 0 Å². The Morgan fingerprint density at radius 3 is 2.26 bits per heavy atom. The topological polar surface area (TPSA) is 78.1 Å². The molecule has 6 nitrogen and oxygen atoms in total. The fourth-order valence-corrected chi connectivity index (χ4v) is 3.32. The Kier molecular flexibility index (Phi) is 4.94. The van der Waals surface area contributed by atoms with Crippen LogP contribution in [-0.2, 0) is 11.3 Å². The molecule has 3 aromatic carbocycles. The molecule has 2 aromatic heterocycles. The number of pyridine rings is 1. The van der Waals surface area contributed by atoms with Crippen LogP contribution in [0.5, 0.6) is 0 Å². The third-order valence-corrected chi connectivity index (χ3v) is 4.82. The van der Waals surface area contributed by atoms with E-state index in [1.807, 2.05) is 84.9 Å². The molecule has 150 valence electrons. The summed E-state index contributed by atoms with van der Waals surface area (Å²) in [5.74, 6) is 0.136. The van der Waals surface area contributed by atoms with E-state index in [2.05, 4.69) is 10.2 Å². The van der Waals surface area contributed by atoms with Crippen LogP contribution in [0.1, 0.15) is 16.2 Å². The van der Waals surface area contributed by atoms with E-state index in [1.165, 1.54) is 0 Å². The minimum absolute atomic E-state index is 0.115. The summed E-state index contributed by atoms with van der Waals surface area (Å²) >= 11 is 0. The minimum Gasteiger partial charge on any atom is -0.452 e. The summed E-state index contributed by atoms with van der Waals surface area (Å²) in [6, 6.07) is 28.4. The van der Waals surface area contributed by atoms with Crippen LogP contribution in [0.3, 0.4) is 0 Å². The lowest BCUT2D eigenvalue weighted by molar-refractivity contribution is 0.0441. The number of hydrogen-bond acceptors (Lipinski definition) is 6. The third kappa shape index (κ3) is 3.91. The van der Waals surface area contributed by atoms with E-state index in [-0.39, 0.29) is 12.5 Å². The van der Waals surface area contributed by atoms with Gasteiger partial charge in [0, 0.05) is 16.5 Å². The number of hydrogen-bond donors (Lipinski definition) is 0. The van der Waals surface area contributed by atoms with Crippen LogP contribution < -0.4 is 0 Å². The van der Waals surface area contributed by atoms with Crippen LogP contribution in [0.4, 0.5) is 0 Å². The van der Waals surface area contributed by atoms with Crippen molar-refractivity contribution in [3.63, 3.8) is 0 Å². The first kappa shape index (κ1) is 18.7. The van der Waals surface area contributed by atoms with Crippen LogP contribution in [0.15, 0.2) is 95.4 Å². The van der Waals surface area contributed by atoms with Crippen LogP contribution in [0.25, 0.3) is 33.6 Å². The molecule has 0 N–H and O–H groups in total. The SMILES string of the molecule is O=C(OCc1nnc(-c2ccccc2)o1)c1cc(-c2ccccc2)nc2ccccc12. The quantitative estimate of drug-likeness (QED) is 0.368. The first-order valence-corrected chi connectivity index (χ1v) is 9.78. The molecule has 0 aliphatic carbocycles. The van der Waals surface area contributed by atoms with Crippen molar-refractivity contribution in [1.82, 2.24) is 15.2 Å². The molecule has 6 heteroatoms. The van der Waals surface area contributed by atoms with Crippen molar-refractivity contribution in [2.24, 2.45) is 0 Å². The van der Waals surface area contributed by atoms with E-state index in [1.54, 1.807) is 6.07 Å². The van der Waals surface area contributed by atoms with Gasteiger partial charge in [-0.15, -0.1) is 10.2 Å². The molecule has 31 heavy (non-hydrogen) atoms. The second-order valence-electron chi connectivity index (χ2n) is 6.88. The highest BCUT2D eigenvalue weighted by Crippen LogP contribution is 2.26. The van der Waals surface area contributed by atoms with Gasteiger partial charge in [-0.25, -0.2) is 9.78 Å². The Hall–Kier alpha value is -4.32. The Labute approximate surface area is 178 Å². The number of ether oxygens (including phenoxy) is 1. The summed E-state index contributed by atoms with van der Waals surface area (Å²) in [4.78, 5) is 17.6. The maximum absolute atomic E-state index is 13.0. The van der Waals surface area contributed by atoms with Gasteiger partial charge in [-0.1, -0.05) is 66.7 Å². The number of carbonyl (C=O) groups excluding carboxylic acids is 1. The van der Waals surface area contributed by atoms with Crippen molar-refractivity contribution in [1.29, 1.82) is 0 Å². The number of aromatic nitrogens is 3. The summed E-state index contributed by atoms with van der Waals surface area (Å²) in [5, 5.41) is 8.73. The molecule has 0 aliphatic heterocycles. The molecule has 0 radical (unpaired) electrons. The van der Waals surface area contributed by atoms with Gasteiger partial charge in [0.15, 0.2) is 6.61 Å². The zero-order valence-electron chi connectivity index (χ0n) is 16.4. The maximum Gasteiger partial charge on any atom is 0.339 e. The van der Waals surface area contributed by atoms with Gasteiger partial charge in [-0.2, -0.15) is 0 Å². The second kappa shape index (κ2) is 8.20. The lowest BCUT2D eigenvalue weighted by Crippen LogP contribution is -2.07. The number of benzene rings is 3. The third-order valence-electron chi connectivity index (χ3n) is 4.82. The highest BCUT2D eigenvalue weighted by Gasteiger charge is 2.17. The van der Waals surface area contributed by atoms with Gasteiger partial charge >= 0.3 is 5.97 Å². The monoisotopic (exact) mass is 407 g/mol. The van der Waals surface area contributed by atoms with Gasteiger partial charge in [0.2, 0.25) is 5.89 Å². The van der Waals surface area contributed by atoms with E-state index in [0.717, 1.165) is 22.0 Å². The fraction of sp³-hybridized carbons (Fsp3) is 0.0400. The second-order valence-corrected chi connectivity index (χ2v) is 6.88. The van der Waals surface area contributed by atoms with Crippen LogP contribution in [-0.4, -0.2) is 21.2 Å². The van der Waals surface area contributed by atoms with Crippen molar-refractivity contribution in [2.75, 3.05) is 0 Å². The number of nitrogens with zero attached hydrogens (tertiary/aromatic N) is 3. The van der Waals surface area contributed by atoms with Crippen LogP contribution >= 0.6 is 0 Å². The highest BCUT2D eigenvalue weighted by atomic mass is 16.5. The predicted octanol–water partition coefficient (Wildman–Crippen LogP) is 5.31. The van der Waals surface area contributed by atoms with E-state index in [4.69, 9.17) is 14.1 Å². The Morgan fingerprint density at radius 2 is 1.48 bits per heavy atom. The summed E-state index contributed by atoms with van der Waals surface area (Å²) in [7, 11) is 0. The summed E-state index contributed by atoms with van der Waals surface area (Å²) in [6.07, 6.45) is 0. The summed E-state index contributed by atoms with van der Waals surface area (Å²) < 4.78 is 11.1. The molecule has 0 fully saturated rings. The average Bonchev–Trinajstić information content (AvgIpc) is 3.32. The number of esters is 1. The van der Waals surface area contributed by atoms with Crippen LogP contribution in [0, 0.1) is 0 Å². The van der Waals surface area contributed by atoms with E-state index in [0.29, 0.717) is 17.1 Å². The zero-order valence-corrected chi connectivity index (χ0v) is 16.4. The normalized spacial score (nSPS) is 10.8. The number of para-hydroxylation sites is 1. The number of carbonyl (C=O) groups is 1. The lowest BCUT2D eigenvalue weighted by Gasteiger charge is -2.09. The Morgan fingerprint density at radius 1 is 0.806 bits per heavy atom. The first-order valence-electron chi connectivity index (χ1n) is 9.78. The number of rotatable bonds is 5. The van der Waals surface area contributed by atoms with E-state index >= 15 is 0 Å². The smallest absolute Gasteiger partial charge is 0.339 e. The maximum atomic E-state index is 13.0. The Balaban J connectivity index is 1.41. The summed E-state index contributed by atoms with van der Waals surface area (Å²) in [6.45, 7) is -0.115. The molecule has 5 rings (SSSR count). The standard InChI is InChI=1S/C25H17N3O3/c29-25(30-16-23-27-28-24(31-23)18-11-5-2-6-12-18)20-15-22(17-9-3-1-4-10-17)26-21-14-8-7-13-19(20)21/h1-15H,16H2. The number of fused-ring (bicyclic) bond motifs is 1. The molecule has 0 saturated carbocycles. The minimum atomic E-state index is -0.477. The molecule has 0 bridgehead atoms. The molecule has 0 unspecified atom stereocenters. The molecule has 0 atom stereocenters. The van der Waals surface area contributed by atoms with Crippen molar-refractivity contribution in [3.05, 3.63) is 102 Å². The van der Waals surface area contributed by atoms with Gasteiger partial charge in [0.25, 0.3) is 5.89 Å². The first-order chi connectivity index (χ1) is 15.3. The zero-order chi connectivity index (χ0) is 21.0. The fourth-order valence-electron chi connectivity index (χ4n) is 3.32. The van der Waals surface area contributed by atoms with Gasteiger partial charge in [0.05, 0.1) is 16.8 Å². The van der Waals surface area contributed by atoms with Crippen molar-refractivity contribution >= 4 is 16.9 Å². The molecule has 0 aliphatic rings. The predicted molar refractivity (Wildman–Crippen MR) is 116 cm³/mol. The Bertz CT molecular complexity index is 1350. The molecular weight excluding hydrogens is 390 g/mol. The lowest BCUT2D eigenvalue weighted by atomic mass is 10.0.